The van der Waals surface area contributed by atoms with Crippen LogP contribution in [0.4, 0.5) is 5.69 Å². The van der Waals surface area contributed by atoms with Gasteiger partial charge in [0.05, 0.1) is 5.75 Å². The molecule has 0 fully saturated rings. The Kier molecular flexibility index (Phi) is 4.83. The van der Waals surface area contributed by atoms with E-state index in [0.717, 1.165) is 22.3 Å². The molecule has 1 heterocycles. The van der Waals surface area contributed by atoms with Gasteiger partial charge in [-0.3, -0.25) is 4.79 Å². The first kappa shape index (κ1) is 16.9. The predicted molar refractivity (Wildman–Crippen MR) is 99.0 cm³/mol. The van der Waals surface area contributed by atoms with E-state index in [1.54, 1.807) is 18.2 Å². The van der Waals surface area contributed by atoms with Gasteiger partial charge in [-0.15, -0.1) is 0 Å². The number of aromatic nitrogens is 1. The number of fused-ring (bicyclic) bond motifs is 1. The van der Waals surface area contributed by atoms with Crippen molar-refractivity contribution in [2.24, 2.45) is 0 Å². The molecular formula is C18H17ClN2O2S. The van der Waals surface area contributed by atoms with E-state index in [1.165, 1.54) is 17.3 Å². The van der Waals surface area contributed by atoms with Gasteiger partial charge in [-0.05, 0) is 44.0 Å². The molecule has 24 heavy (non-hydrogen) atoms. The lowest BCUT2D eigenvalue weighted by atomic mass is 10.1. The molecule has 1 amide bonds. The minimum absolute atomic E-state index is 0.0876. The Morgan fingerprint density at radius 3 is 2.62 bits per heavy atom. The lowest BCUT2D eigenvalue weighted by molar-refractivity contribution is -0.113. The number of anilines is 1. The van der Waals surface area contributed by atoms with Gasteiger partial charge in [0.1, 0.15) is 5.52 Å². The van der Waals surface area contributed by atoms with Gasteiger partial charge in [0.25, 0.3) is 5.22 Å². The Bertz CT molecular complexity index is 898. The summed E-state index contributed by atoms with van der Waals surface area (Å²) in [6.45, 7) is 6.03. The molecule has 1 aromatic heterocycles. The van der Waals surface area contributed by atoms with Crippen LogP contribution in [0.5, 0.6) is 0 Å². The van der Waals surface area contributed by atoms with Crippen molar-refractivity contribution >= 4 is 46.1 Å². The summed E-state index contributed by atoms with van der Waals surface area (Å²) in [5.74, 6) is 0.142. The summed E-state index contributed by atoms with van der Waals surface area (Å²) in [5, 5.41) is 4.02. The van der Waals surface area contributed by atoms with Gasteiger partial charge in [-0.1, -0.05) is 41.1 Å². The fraction of sp³-hybridized carbons (Fsp3) is 0.222. The molecule has 6 heteroatoms. The van der Waals surface area contributed by atoms with Gasteiger partial charge in [-0.25, -0.2) is 4.98 Å². The zero-order chi connectivity index (χ0) is 17.3. The highest BCUT2D eigenvalue weighted by atomic mass is 35.5. The monoisotopic (exact) mass is 360 g/mol. The van der Waals surface area contributed by atoms with E-state index in [0.29, 0.717) is 15.8 Å². The van der Waals surface area contributed by atoms with E-state index in [2.05, 4.69) is 22.4 Å². The Hall–Kier alpha value is -1.98. The van der Waals surface area contributed by atoms with Gasteiger partial charge < -0.3 is 9.73 Å². The molecule has 0 radical (unpaired) electrons. The molecule has 2 aromatic carbocycles. The lowest BCUT2D eigenvalue weighted by Crippen LogP contribution is -2.15. The second kappa shape index (κ2) is 6.87. The minimum atomic E-state index is -0.0876. The van der Waals surface area contributed by atoms with Gasteiger partial charge in [-0.2, -0.15) is 0 Å². The second-order valence-electron chi connectivity index (χ2n) is 5.70. The molecule has 0 unspecified atom stereocenters. The highest BCUT2D eigenvalue weighted by molar-refractivity contribution is 7.99. The number of carbonyl (C=O) groups excluding carboxylic acids is 1. The van der Waals surface area contributed by atoms with Crippen molar-refractivity contribution in [2.75, 3.05) is 11.1 Å². The van der Waals surface area contributed by atoms with Crippen LogP contribution in [-0.4, -0.2) is 16.6 Å². The van der Waals surface area contributed by atoms with Gasteiger partial charge in [0.2, 0.25) is 5.91 Å². The number of oxazole rings is 1. The fourth-order valence-electron chi connectivity index (χ4n) is 2.62. The number of benzene rings is 2. The van der Waals surface area contributed by atoms with Crippen molar-refractivity contribution < 1.29 is 9.21 Å². The average molecular weight is 361 g/mol. The van der Waals surface area contributed by atoms with Gasteiger partial charge in [0, 0.05) is 16.8 Å². The van der Waals surface area contributed by atoms with Crippen LogP contribution in [0.3, 0.4) is 0 Å². The zero-order valence-corrected chi connectivity index (χ0v) is 15.2. The van der Waals surface area contributed by atoms with Crippen LogP contribution in [0.2, 0.25) is 5.02 Å². The van der Waals surface area contributed by atoms with Crippen LogP contribution in [0, 0.1) is 20.8 Å². The highest BCUT2D eigenvalue weighted by Gasteiger charge is 2.12. The number of nitrogens with one attached hydrogen (secondary N) is 1. The number of carbonyl (C=O) groups is 1. The second-order valence-corrected chi connectivity index (χ2v) is 7.07. The molecule has 3 aromatic rings. The van der Waals surface area contributed by atoms with Gasteiger partial charge >= 0.3 is 0 Å². The van der Waals surface area contributed by atoms with E-state index in [-0.39, 0.29) is 11.7 Å². The zero-order valence-electron chi connectivity index (χ0n) is 13.6. The maximum atomic E-state index is 12.2. The predicted octanol–water partition coefficient (Wildman–Crippen LogP) is 5.14. The lowest BCUT2D eigenvalue weighted by Gasteiger charge is -2.12. The third-order valence-corrected chi connectivity index (χ3v) is 4.66. The summed E-state index contributed by atoms with van der Waals surface area (Å²) < 4.78 is 5.60. The minimum Gasteiger partial charge on any atom is -0.431 e. The molecule has 0 spiro atoms. The van der Waals surface area contributed by atoms with E-state index >= 15 is 0 Å². The molecule has 0 aliphatic carbocycles. The molecule has 3 rings (SSSR count). The standard InChI is InChI=1S/C18H17ClN2O2S/c1-10-6-11(2)17(12(3)7-10)21-16(22)9-24-18-20-14-5-4-13(19)8-15(14)23-18/h4-8H,9H2,1-3H3,(H,21,22). The van der Waals surface area contributed by atoms with Crippen molar-refractivity contribution in [3.63, 3.8) is 0 Å². The Balaban J connectivity index is 1.67. The normalized spacial score (nSPS) is 11.0. The smallest absolute Gasteiger partial charge is 0.257 e. The Labute approximate surface area is 149 Å². The molecule has 1 N–H and O–H groups in total. The molecule has 0 saturated heterocycles. The van der Waals surface area contributed by atoms with E-state index in [4.69, 9.17) is 16.0 Å². The first-order valence-electron chi connectivity index (χ1n) is 7.49. The number of hydrogen-bond donors (Lipinski definition) is 1. The number of amides is 1. The van der Waals surface area contributed by atoms with Crippen LogP contribution in [0.25, 0.3) is 11.1 Å². The van der Waals surface area contributed by atoms with Crippen molar-refractivity contribution in [3.8, 4) is 0 Å². The topological polar surface area (TPSA) is 55.1 Å². The van der Waals surface area contributed by atoms with Crippen LogP contribution in [0.15, 0.2) is 40.0 Å². The maximum Gasteiger partial charge on any atom is 0.257 e. The van der Waals surface area contributed by atoms with E-state index < -0.39 is 0 Å². The molecule has 0 aliphatic rings. The number of nitrogens with zero attached hydrogens (tertiary/aromatic N) is 1. The molecule has 124 valence electrons. The third kappa shape index (κ3) is 3.74. The number of hydrogen-bond acceptors (Lipinski definition) is 4. The summed E-state index contributed by atoms with van der Waals surface area (Å²) >= 11 is 7.19. The molecule has 0 atom stereocenters. The molecular weight excluding hydrogens is 344 g/mol. The van der Waals surface area contributed by atoms with Crippen LogP contribution < -0.4 is 5.32 Å². The first-order chi connectivity index (χ1) is 11.4. The van der Waals surface area contributed by atoms with E-state index in [1.807, 2.05) is 20.8 Å². The molecule has 0 bridgehead atoms. The number of halogens is 1. The number of aryl methyl sites for hydroxylation is 3. The highest BCUT2D eigenvalue weighted by Crippen LogP contribution is 2.26. The van der Waals surface area contributed by atoms with Crippen LogP contribution in [0.1, 0.15) is 16.7 Å². The summed E-state index contributed by atoms with van der Waals surface area (Å²) in [6, 6.07) is 9.38. The largest absolute Gasteiger partial charge is 0.431 e. The number of rotatable bonds is 4. The quantitative estimate of drug-likeness (QED) is 0.655. The van der Waals surface area contributed by atoms with E-state index in [9.17, 15) is 4.79 Å². The summed E-state index contributed by atoms with van der Waals surface area (Å²) in [5.41, 5.74) is 5.52. The summed E-state index contributed by atoms with van der Waals surface area (Å²) in [6.07, 6.45) is 0. The third-order valence-electron chi connectivity index (χ3n) is 3.60. The molecule has 0 aliphatic heterocycles. The van der Waals surface area contributed by atoms with Gasteiger partial charge in [0.15, 0.2) is 5.58 Å². The van der Waals surface area contributed by atoms with Crippen LogP contribution in [-0.2, 0) is 4.79 Å². The Morgan fingerprint density at radius 2 is 1.92 bits per heavy atom. The fourth-order valence-corrected chi connectivity index (χ4v) is 3.42. The van der Waals surface area contributed by atoms with Crippen molar-refractivity contribution in [3.05, 3.63) is 52.0 Å². The molecule has 4 nitrogen and oxygen atoms in total. The maximum absolute atomic E-state index is 12.2. The van der Waals surface area contributed by atoms with Crippen LogP contribution >= 0.6 is 23.4 Å². The first-order valence-corrected chi connectivity index (χ1v) is 8.85. The Morgan fingerprint density at radius 1 is 1.21 bits per heavy atom. The average Bonchev–Trinajstić information content (AvgIpc) is 2.90. The van der Waals surface area contributed by atoms with Crippen molar-refractivity contribution in [1.29, 1.82) is 0 Å². The number of thioether (sulfide) groups is 1. The SMILES string of the molecule is Cc1cc(C)c(NC(=O)CSc2nc3ccc(Cl)cc3o2)c(C)c1. The van der Waals surface area contributed by atoms with Crippen molar-refractivity contribution in [2.45, 2.75) is 26.0 Å². The summed E-state index contributed by atoms with van der Waals surface area (Å²) in [7, 11) is 0. The van der Waals surface area contributed by atoms with Crippen molar-refractivity contribution in [1.82, 2.24) is 4.98 Å². The summed E-state index contributed by atoms with van der Waals surface area (Å²) in [4.78, 5) is 16.6. The molecule has 0 saturated carbocycles.